The molecule has 0 saturated heterocycles. The van der Waals surface area contributed by atoms with E-state index < -0.39 is 5.91 Å². The number of carbonyl (C=O) groups excluding carboxylic acids is 1. The first-order valence-electron chi connectivity index (χ1n) is 10.2. The Balaban J connectivity index is 1.40. The number of amides is 1. The van der Waals surface area contributed by atoms with Crippen molar-refractivity contribution in [2.24, 2.45) is 0 Å². The van der Waals surface area contributed by atoms with Crippen molar-refractivity contribution in [3.8, 4) is 11.3 Å². The van der Waals surface area contributed by atoms with Crippen LogP contribution >= 0.6 is 23.2 Å². The summed E-state index contributed by atoms with van der Waals surface area (Å²) in [4.78, 5) is 17.4. The minimum absolute atomic E-state index is 0.268. The van der Waals surface area contributed by atoms with Gasteiger partial charge in [0.25, 0.3) is 5.91 Å². The standard InChI is InChI=1S/C24H18Cl2N6O/c1-15-2-6-17(7-3-15)21-10-11-27-23-19(12-28-32(21)23)24(33)29-22-20(26)14-31(30-22)13-16-4-8-18(25)9-5-16/h2-12,14H,13H2,1H3,(H,29,30,33). The number of nitrogens with zero attached hydrogens (tertiary/aromatic N) is 5. The van der Waals surface area contributed by atoms with Gasteiger partial charge in [0, 0.05) is 23.0 Å². The molecule has 5 rings (SSSR count). The van der Waals surface area contributed by atoms with Crippen LogP contribution in [0.1, 0.15) is 21.5 Å². The van der Waals surface area contributed by atoms with E-state index in [1.54, 1.807) is 21.6 Å². The third-order valence-corrected chi connectivity index (χ3v) is 5.73. The maximum absolute atomic E-state index is 13.0. The van der Waals surface area contributed by atoms with Gasteiger partial charge < -0.3 is 5.32 Å². The summed E-state index contributed by atoms with van der Waals surface area (Å²) in [6, 6.07) is 17.4. The molecule has 5 aromatic rings. The van der Waals surface area contributed by atoms with Crippen molar-refractivity contribution < 1.29 is 4.79 Å². The number of hydrogen-bond acceptors (Lipinski definition) is 4. The topological polar surface area (TPSA) is 77.1 Å². The van der Waals surface area contributed by atoms with Crippen LogP contribution in [0.3, 0.4) is 0 Å². The summed E-state index contributed by atoms with van der Waals surface area (Å²) in [5.74, 6) is -0.123. The van der Waals surface area contributed by atoms with Crippen molar-refractivity contribution in [3.63, 3.8) is 0 Å². The van der Waals surface area contributed by atoms with Gasteiger partial charge in [-0.1, -0.05) is 65.2 Å². The lowest BCUT2D eigenvalue weighted by Gasteiger charge is -2.06. The highest BCUT2D eigenvalue weighted by atomic mass is 35.5. The molecule has 0 unspecified atom stereocenters. The molecule has 164 valence electrons. The molecule has 0 aliphatic carbocycles. The molecule has 3 aromatic heterocycles. The van der Waals surface area contributed by atoms with Gasteiger partial charge in [0.15, 0.2) is 11.5 Å². The number of rotatable bonds is 5. The van der Waals surface area contributed by atoms with Crippen LogP contribution < -0.4 is 5.32 Å². The highest BCUT2D eigenvalue weighted by Gasteiger charge is 2.19. The number of benzene rings is 2. The number of fused-ring (bicyclic) bond motifs is 1. The number of aromatic nitrogens is 5. The molecule has 0 aliphatic rings. The Morgan fingerprint density at radius 2 is 1.79 bits per heavy atom. The van der Waals surface area contributed by atoms with Crippen molar-refractivity contribution in [1.82, 2.24) is 24.4 Å². The summed E-state index contributed by atoms with van der Waals surface area (Å²) in [6.07, 6.45) is 4.82. The average molecular weight is 477 g/mol. The van der Waals surface area contributed by atoms with Crippen LogP contribution in [-0.4, -0.2) is 30.3 Å². The smallest absolute Gasteiger partial charge is 0.262 e. The molecule has 0 aliphatic heterocycles. The quantitative estimate of drug-likeness (QED) is 0.362. The number of anilines is 1. The third-order valence-electron chi connectivity index (χ3n) is 5.20. The van der Waals surface area contributed by atoms with Crippen molar-refractivity contribution in [3.05, 3.63) is 99.9 Å². The predicted octanol–water partition coefficient (Wildman–Crippen LogP) is 5.51. The normalized spacial score (nSPS) is 11.1. The fourth-order valence-corrected chi connectivity index (χ4v) is 3.83. The highest BCUT2D eigenvalue weighted by molar-refractivity contribution is 6.33. The van der Waals surface area contributed by atoms with E-state index >= 15 is 0 Å². The molecule has 0 spiro atoms. The maximum Gasteiger partial charge on any atom is 0.262 e. The molecule has 7 nitrogen and oxygen atoms in total. The summed E-state index contributed by atoms with van der Waals surface area (Å²) < 4.78 is 3.31. The zero-order valence-corrected chi connectivity index (χ0v) is 19.0. The van der Waals surface area contributed by atoms with Crippen LogP contribution in [-0.2, 0) is 6.54 Å². The Morgan fingerprint density at radius 3 is 2.55 bits per heavy atom. The lowest BCUT2D eigenvalue weighted by atomic mass is 10.1. The monoisotopic (exact) mass is 476 g/mol. The molecule has 0 saturated carbocycles. The lowest BCUT2D eigenvalue weighted by molar-refractivity contribution is 0.102. The van der Waals surface area contributed by atoms with Gasteiger partial charge in [-0.15, -0.1) is 0 Å². The van der Waals surface area contributed by atoms with Crippen molar-refractivity contribution in [2.45, 2.75) is 13.5 Å². The second kappa shape index (κ2) is 8.69. The van der Waals surface area contributed by atoms with E-state index in [0.29, 0.717) is 27.8 Å². The van der Waals surface area contributed by atoms with Crippen LogP contribution in [0.15, 0.2) is 73.2 Å². The van der Waals surface area contributed by atoms with Crippen LogP contribution in [0, 0.1) is 6.92 Å². The zero-order chi connectivity index (χ0) is 22.9. The third kappa shape index (κ3) is 4.33. The van der Waals surface area contributed by atoms with Crippen molar-refractivity contribution >= 4 is 40.6 Å². The summed E-state index contributed by atoms with van der Waals surface area (Å²) in [5, 5.41) is 12.6. The largest absolute Gasteiger partial charge is 0.304 e. The van der Waals surface area contributed by atoms with Gasteiger partial charge in [0.05, 0.1) is 18.4 Å². The van der Waals surface area contributed by atoms with E-state index in [1.165, 1.54) is 6.20 Å². The van der Waals surface area contributed by atoms with Gasteiger partial charge in [0.1, 0.15) is 10.6 Å². The summed E-state index contributed by atoms with van der Waals surface area (Å²) in [7, 11) is 0. The van der Waals surface area contributed by atoms with Crippen molar-refractivity contribution in [2.75, 3.05) is 5.32 Å². The minimum Gasteiger partial charge on any atom is -0.304 e. The first kappa shape index (κ1) is 21.2. The second-order valence-electron chi connectivity index (χ2n) is 7.59. The van der Waals surface area contributed by atoms with Gasteiger partial charge in [-0.05, 0) is 30.7 Å². The Labute approximate surface area is 199 Å². The zero-order valence-electron chi connectivity index (χ0n) is 17.5. The fraction of sp³-hybridized carbons (Fsp3) is 0.0833. The van der Waals surface area contributed by atoms with E-state index in [0.717, 1.165) is 22.4 Å². The Morgan fingerprint density at radius 1 is 1.03 bits per heavy atom. The average Bonchev–Trinajstić information content (AvgIpc) is 3.39. The fourth-order valence-electron chi connectivity index (χ4n) is 3.51. The molecule has 0 fully saturated rings. The Hall–Kier alpha value is -3.68. The van der Waals surface area contributed by atoms with Crippen LogP contribution in [0.4, 0.5) is 5.82 Å². The summed E-state index contributed by atoms with van der Waals surface area (Å²) in [5.41, 5.74) is 4.76. The van der Waals surface area contributed by atoms with E-state index in [9.17, 15) is 4.79 Å². The first-order valence-corrected chi connectivity index (χ1v) is 10.9. The van der Waals surface area contributed by atoms with Crippen LogP contribution in [0.25, 0.3) is 16.9 Å². The van der Waals surface area contributed by atoms with Crippen LogP contribution in [0.2, 0.25) is 10.0 Å². The Bertz CT molecular complexity index is 1460. The molecule has 1 amide bonds. The van der Waals surface area contributed by atoms with Gasteiger partial charge in [-0.25, -0.2) is 9.50 Å². The van der Waals surface area contributed by atoms with E-state index in [2.05, 4.69) is 20.5 Å². The molecule has 9 heteroatoms. The SMILES string of the molecule is Cc1ccc(-c2ccnc3c(C(=O)Nc4nn(Cc5ccc(Cl)cc5)cc4Cl)cnn23)cc1. The van der Waals surface area contributed by atoms with Gasteiger partial charge in [-0.2, -0.15) is 10.2 Å². The molecular formula is C24H18Cl2N6O. The van der Waals surface area contributed by atoms with Gasteiger partial charge >= 0.3 is 0 Å². The molecule has 33 heavy (non-hydrogen) atoms. The van der Waals surface area contributed by atoms with Gasteiger partial charge in [-0.3, -0.25) is 9.48 Å². The molecule has 3 heterocycles. The molecule has 1 N–H and O–H groups in total. The lowest BCUT2D eigenvalue weighted by Crippen LogP contribution is -2.13. The number of aryl methyl sites for hydroxylation is 1. The van der Waals surface area contributed by atoms with E-state index in [4.69, 9.17) is 23.2 Å². The number of halogens is 2. The van der Waals surface area contributed by atoms with Gasteiger partial charge in [0.2, 0.25) is 0 Å². The molecule has 0 atom stereocenters. The highest BCUT2D eigenvalue weighted by Crippen LogP contribution is 2.24. The Kier molecular flexibility index (Phi) is 5.58. The van der Waals surface area contributed by atoms with E-state index in [1.807, 2.05) is 61.5 Å². The molecule has 2 aromatic carbocycles. The second-order valence-corrected chi connectivity index (χ2v) is 8.44. The first-order chi connectivity index (χ1) is 16.0. The molecule has 0 radical (unpaired) electrons. The van der Waals surface area contributed by atoms with E-state index in [-0.39, 0.29) is 5.82 Å². The minimum atomic E-state index is -0.391. The summed E-state index contributed by atoms with van der Waals surface area (Å²) >= 11 is 12.3. The molecular weight excluding hydrogens is 459 g/mol. The maximum atomic E-state index is 13.0. The number of carbonyl (C=O) groups is 1. The summed E-state index contributed by atoms with van der Waals surface area (Å²) in [6.45, 7) is 2.52. The van der Waals surface area contributed by atoms with Crippen molar-refractivity contribution in [1.29, 1.82) is 0 Å². The molecule has 0 bridgehead atoms. The number of nitrogens with one attached hydrogen (secondary N) is 1. The van der Waals surface area contributed by atoms with Crippen LogP contribution in [0.5, 0.6) is 0 Å². The predicted molar refractivity (Wildman–Crippen MR) is 129 cm³/mol. The number of hydrogen-bond donors (Lipinski definition) is 1.